The predicted octanol–water partition coefficient (Wildman–Crippen LogP) is 2.71. The van der Waals surface area contributed by atoms with E-state index in [0.29, 0.717) is 0 Å². The van der Waals surface area contributed by atoms with Crippen LogP contribution in [-0.4, -0.2) is 14.9 Å². The zero-order valence-electron chi connectivity index (χ0n) is 9.07. The van der Waals surface area contributed by atoms with Crippen LogP contribution in [0.25, 0.3) is 10.9 Å². The summed E-state index contributed by atoms with van der Waals surface area (Å²) in [4.78, 5) is 0. The van der Waals surface area contributed by atoms with Crippen LogP contribution in [0.2, 0.25) is 0 Å². The highest BCUT2D eigenvalue weighted by molar-refractivity contribution is 9.10. The van der Waals surface area contributed by atoms with Crippen LogP contribution >= 0.6 is 15.9 Å². The molecule has 4 heteroatoms. The van der Waals surface area contributed by atoms with Gasteiger partial charge in [-0.1, -0.05) is 22.0 Å². The zero-order valence-corrected chi connectivity index (χ0v) is 10.7. The Labute approximate surface area is 102 Å². The molecule has 0 amide bonds. The highest BCUT2D eigenvalue weighted by Crippen LogP contribution is 2.44. The van der Waals surface area contributed by atoms with Gasteiger partial charge >= 0.3 is 0 Å². The molecule has 0 spiro atoms. The van der Waals surface area contributed by atoms with Crippen molar-refractivity contribution in [2.75, 3.05) is 0 Å². The molecule has 0 aliphatic heterocycles. The molecule has 0 radical (unpaired) electrons. The van der Waals surface area contributed by atoms with Crippen molar-refractivity contribution >= 4 is 26.8 Å². The smallest absolute Gasteiger partial charge is 0.0995 e. The molecule has 1 saturated carbocycles. The lowest BCUT2D eigenvalue weighted by Gasteiger charge is -2.37. The first-order chi connectivity index (χ1) is 7.60. The summed E-state index contributed by atoms with van der Waals surface area (Å²) in [5.41, 5.74) is 1.24. The van der Waals surface area contributed by atoms with E-state index in [1.54, 1.807) is 4.68 Å². The predicted molar refractivity (Wildman–Crippen MR) is 66.2 cm³/mol. The summed E-state index contributed by atoms with van der Waals surface area (Å²) in [5.74, 6) is 0. The topological polar surface area (TPSA) is 38.0 Å². The Kier molecular flexibility index (Phi) is 2.13. The fourth-order valence-electron chi connectivity index (χ4n) is 2.34. The Balaban J connectivity index is 2.29. The fourth-order valence-corrected chi connectivity index (χ4v) is 2.77. The number of nitrogens with zero attached hydrogens (tertiary/aromatic N) is 2. The van der Waals surface area contributed by atoms with E-state index in [1.165, 1.54) is 0 Å². The molecule has 84 valence electrons. The van der Waals surface area contributed by atoms with Crippen LogP contribution in [0.1, 0.15) is 24.8 Å². The zero-order chi connectivity index (χ0) is 11.3. The summed E-state index contributed by atoms with van der Waals surface area (Å²) >= 11 is 3.52. The molecule has 1 heterocycles. The van der Waals surface area contributed by atoms with Gasteiger partial charge in [-0.2, -0.15) is 5.10 Å². The molecule has 0 saturated heterocycles. The van der Waals surface area contributed by atoms with Crippen LogP contribution in [0.4, 0.5) is 0 Å². The normalized spacial score (nSPS) is 18.7. The Morgan fingerprint density at radius 2 is 2.19 bits per heavy atom. The molecule has 1 aliphatic rings. The quantitative estimate of drug-likeness (QED) is 0.872. The molecule has 3 nitrogen and oxygen atoms in total. The molecule has 3 rings (SSSR count). The maximum Gasteiger partial charge on any atom is 0.0995 e. The maximum absolute atomic E-state index is 10.4. The first kappa shape index (κ1) is 10.3. The number of hydrogen-bond acceptors (Lipinski definition) is 2. The molecule has 0 bridgehead atoms. The number of benzene rings is 1. The van der Waals surface area contributed by atoms with Gasteiger partial charge in [0.25, 0.3) is 0 Å². The molecular weight excluding hydrogens is 268 g/mol. The Morgan fingerprint density at radius 3 is 2.81 bits per heavy atom. The van der Waals surface area contributed by atoms with Gasteiger partial charge in [0.2, 0.25) is 0 Å². The van der Waals surface area contributed by atoms with Crippen molar-refractivity contribution in [3.8, 4) is 0 Å². The summed E-state index contributed by atoms with van der Waals surface area (Å²) < 4.78 is 2.82. The minimum absolute atomic E-state index is 0.646. The van der Waals surface area contributed by atoms with Gasteiger partial charge in [-0.25, -0.2) is 0 Å². The van der Waals surface area contributed by atoms with E-state index in [2.05, 4.69) is 21.0 Å². The number of aryl methyl sites for hydroxylation is 1. The van der Waals surface area contributed by atoms with E-state index in [0.717, 1.165) is 40.2 Å². The van der Waals surface area contributed by atoms with Gasteiger partial charge in [0, 0.05) is 28.7 Å². The van der Waals surface area contributed by atoms with Crippen molar-refractivity contribution < 1.29 is 5.11 Å². The Bertz CT molecular complexity index is 557. The summed E-state index contributed by atoms with van der Waals surface area (Å²) in [7, 11) is 1.90. The molecule has 1 fully saturated rings. The van der Waals surface area contributed by atoms with Crippen LogP contribution in [0.15, 0.2) is 22.8 Å². The average molecular weight is 281 g/mol. The summed E-state index contributed by atoms with van der Waals surface area (Å²) in [5, 5.41) is 15.9. The van der Waals surface area contributed by atoms with E-state index in [1.807, 2.05) is 25.4 Å². The standard InChI is InChI=1S/C12H13BrN2O/c1-15-7-8-10(13)4-3-9(11(8)14-15)12(16)5-2-6-12/h3-4,7,16H,2,5-6H2,1H3. The summed E-state index contributed by atoms with van der Waals surface area (Å²) in [6.45, 7) is 0. The van der Waals surface area contributed by atoms with Crippen LogP contribution in [-0.2, 0) is 12.6 Å². The number of hydrogen-bond donors (Lipinski definition) is 1. The third kappa shape index (κ3) is 1.33. The lowest BCUT2D eigenvalue weighted by atomic mass is 9.74. The molecule has 0 unspecified atom stereocenters. The molecule has 2 aromatic rings. The number of halogens is 1. The summed E-state index contributed by atoms with van der Waals surface area (Å²) in [6.07, 6.45) is 4.77. The number of rotatable bonds is 1. The van der Waals surface area contributed by atoms with E-state index >= 15 is 0 Å². The molecule has 1 aromatic carbocycles. The monoisotopic (exact) mass is 280 g/mol. The van der Waals surface area contributed by atoms with E-state index in [-0.39, 0.29) is 0 Å². The Morgan fingerprint density at radius 1 is 1.44 bits per heavy atom. The van der Waals surface area contributed by atoms with Crippen LogP contribution < -0.4 is 0 Å². The van der Waals surface area contributed by atoms with E-state index < -0.39 is 5.60 Å². The molecule has 1 N–H and O–H groups in total. The van der Waals surface area contributed by atoms with Crippen molar-refractivity contribution in [2.45, 2.75) is 24.9 Å². The van der Waals surface area contributed by atoms with Crippen molar-refractivity contribution in [3.63, 3.8) is 0 Å². The lowest BCUT2D eigenvalue weighted by Crippen LogP contribution is -2.33. The van der Waals surface area contributed by atoms with Crippen LogP contribution in [0.3, 0.4) is 0 Å². The van der Waals surface area contributed by atoms with E-state index in [4.69, 9.17) is 0 Å². The SMILES string of the molecule is Cn1cc2c(Br)ccc(C3(O)CCC3)c2n1. The molecule has 16 heavy (non-hydrogen) atoms. The highest BCUT2D eigenvalue weighted by Gasteiger charge is 2.38. The molecule has 1 aliphatic carbocycles. The fraction of sp³-hybridized carbons (Fsp3) is 0.417. The van der Waals surface area contributed by atoms with Gasteiger partial charge < -0.3 is 5.11 Å². The van der Waals surface area contributed by atoms with Gasteiger partial charge in [0.15, 0.2) is 0 Å². The van der Waals surface area contributed by atoms with Crippen molar-refractivity contribution in [1.82, 2.24) is 9.78 Å². The van der Waals surface area contributed by atoms with Gasteiger partial charge in [-0.05, 0) is 25.3 Å². The lowest BCUT2D eigenvalue weighted by molar-refractivity contribution is -0.0376. The second kappa shape index (κ2) is 3.31. The van der Waals surface area contributed by atoms with Crippen molar-refractivity contribution in [2.24, 2.45) is 7.05 Å². The van der Waals surface area contributed by atoms with Gasteiger partial charge in [-0.3, -0.25) is 4.68 Å². The average Bonchev–Trinajstić information content (AvgIpc) is 2.58. The third-order valence-corrected chi connectivity index (χ3v) is 4.11. The minimum Gasteiger partial charge on any atom is -0.385 e. The van der Waals surface area contributed by atoms with Crippen molar-refractivity contribution in [1.29, 1.82) is 0 Å². The van der Waals surface area contributed by atoms with Gasteiger partial charge in [-0.15, -0.1) is 0 Å². The largest absolute Gasteiger partial charge is 0.385 e. The minimum atomic E-state index is -0.646. The second-order valence-corrected chi connectivity index (χ2v) is 5.40. The maximum atomic E-state index is 10.4. The second-order valence-electron chi connectivity index (χ2n) is 4.55. The number of aliphatic hydroxyl groups is 1. The highest BCUT2D eigenvalue weighted by atomic mass is 79.9. The van der Waals surface area contributed by atoms with E-state index in [9.17, 15) is 5.11 Å². The van der Waals surface area contributed by atoms with Crippen molar-refractivity contribution in [3.05, 3.63) is 28.4 Å². The van der Waals surface area contributed by atoms with Gasteiger partial charge in [0.05, 0.1) is 11.1 Å². The Hall–Kier alpha value is -0.870. The first-order valence-corrected chi connectivity index (χ1v) is 6.24. The molecular formula is C12H13BrN2O. The molecule has 1 aromatic heterocycles. The number of aromatic nitrogens is 2. The van der Waals surface area contributed by atoms with Gasteiger partial charge in [0.1, 0.15) is 0 Å². The number of fused-ring (bicyclic) bond motifs is 1. The first-order valence-electron chi connectivity index (χ1n) is 5.45. The molecule has 0 atom stereocenters. The summed E-state index contributed by atoms with van der Waals surface area (Å²) in [6, 6.07) is 3.98. The third-order valence-electron chi connectivity index (χ3n) is 3.42. The van der Waals surface area contributed by atoms with Crippen LogP contribution in [0, 0.1) is 0 Å². The van der Waals surface area contributed by atoms with Crippen LogP contribution in [0.5, 0.6) is 0 Å².